The lowest BCUT2D eigenvalue weighted by Gasteiger charge is -2.19. The highest BCUT2D eigenvalue weighted by Gasteiger charge is 2.15. The van der Waals surface area contributed by atoms with Crippen LogP contribution in [0.4, 0.5) is 5.69 Å². The molecule has 3 aromatic rings. The van der Waals surface area contributed by atoms with Gasteiger partial charge in [-0.2, -0.15) is 0 Å². The second-order valence-electron chi connectivity index (χ2n) is 8.02. The van der Waals surface area contributed by atoms with E-state index in [-0.39, 0.29) is 17.2 Å². The number of para-hydroxylation sites is 1. The number of fused-ring (bicyclic) bond motifs is 1. The van der Waals surface area contributed by atoms with Crippen LogP contribution in [0.25, 0.3) is 10.9 Å². The van der Waals surface area contributed by atoms with Crippen molar-refractivity contribution in [2.24, 2.45) is 0 Å². The van der Waals surface area contributed by atoms with Crippen molar-refractivity contribution in [3.05, 3.63) is 64.4 Å². The predicted octanol–water partition coefficient (Wildman–Crippen LogP) is 3.64. The fraction of sp³-hybridized carbons (Fsp3) is 0.400. The van der Waals surface area contributed by atoms with Gasteiger partial charge in [-0.25, -0.2) is 4.98 Å². The Morgan fingerprint density at radius 2 is 1.82 bits per heavy atom. The van der Waals surface area contributed by atoms with Crippen LogP contribution in [0.5, 0.6) is 0 Å². The highest BCUT2D eigenvalue weighted by atomic mass is 32.2. The lowest BCUT2D eigenvalue weighted by molar-refractivity contribution is -0.127. The zero-order chi connectivity index (χ0) is 23.8. The Hall–Kier alpha value is -2.84. The van der Waals surface area contributed by atoms with Crippen molar-refractivity contribution in [3.63, 3.8) is 0 Å². The summed E-state index contributed by atoms with van der Waals surface area (Å²) in [5.74, 6) is 0.197. The Morgan fingerprint density at radius 1 is 1.09 bits per heavy atom. The highest BCUT2D eigenvalue weighted by Crippen LogP contribution is 2.19. The number of nitrogens with zero attached hydrogens (tertiary/aromatic N) is 4. The summed E-state index contributed by atoms with van der Waals surface area (Å²) in [6.45, 7) is 4.20. The number of anilines is 1. The quantitative estimate of drug-likeness (QED) is 0.243. The Kier molecular flexibility index (Phi) is 8.91. The third-order valence-corrected chi connectivity index (χ3v) is 6.29. The van der Waals surface area contributed by atoms with Gasteiger partial charge in [0, 0.05) is 53.1 Å². The molecule has 3 rings (SSSR count). The molecule has 0 radical (unpaired) electrons. The highest BCUT2D eigenvalue weighted by molar-refractivity contribution is 7.99. The molecule has 1 aromatic heterocycles. The third-order valence-electron chi connectivity index (χ3n) is 5.32. The molecule has 0 spiro atoms. The molecular formula is C25H32N4O3S. The van der Waals surface area contributed by atoms with E-state index in [0.717, 1.165) is 11.3 Å². The minimum Gasteiger partial charge on any atom is -0.382 e. The molecule has 0 aliphatic carbocycles. The fourth-order valence-electron chi connectivity index (χ4n) is 3.42. The minimum absolute atomic E-state index is 0.0139. The average molecular weight is 469 g/mol. The van der Waals surface area contributed by atoms with Crippen LogP contribution in [0, 0.1) is 0 Å². The predicted molar refractivity (Wildman–Crippen MR) is 135 cm³/mol. The fourth-order valence-corrected chi connectivity index (χ4v) is 4.39. The molecule has 0 fully saturated rings. The number of aromatic nitrogens is 2. The first-order valence-corrected chi connectivity index (χ1v) is 12.1. The summed E-state index contributed by atoms with van der Waals surface area (Å²) in [5.41, 5.74) is 2.75. The average Bonchev–Trinajstić information content (AvgIpc) is 2.82. The van der Waals surface area contributed by atoms with Gasteiger partial charge >= 0.3 is 0 Å². The Balaban J connectivity index is 1.70. The van der Waals surface area contributed by atoms with Crippen molar-refractivity contribution in [1.29, 1.82) is 0 Å². The largest absolute Gasteiger partial charge is 0.382 e. The van der Waals surface area contributed by atoms with Gasteiger partial charge in [0.05, 0.1) is 16.7 Å². The molecule has 0 aliphatic heterocycles. The van der Waals surface area contributed by atoms with Gasteiger partial charge in [0.2, 0.25) is 5.91 Å². The van der Waals surface area contributed by atoms with Crippen LogP contribution in [-0.2, 0) is 22.6 Å². The van der Waals surface area contributed by atoms with Crippen LogP contribution in [0.1, 0.15) is 18.9 Å². The van der Waals surface area contributed by atoms with E-state index in [1.807, 2.05) is 68.4 Å². The number of carbonyl (C=O) groups is 1. The first kappa shape index (κ1) is 24.8. The van der Waals surface area contributed by atoms with Crippen LogP contribution < -0.4 is 10.5 Å². The van der Waals surface area contributed by atoms with Crippen molar-refractivity contribution < 1.29 is 9.53 Å². The van der Waals surface area contributed by atoms with Gasteiger partial charge in [-0.15, -0.1) is 0 Å². The zero-order valence-electron chi connectivity index (χ0n) is 19.8. The molecule has 33 heavy (non-hydrogen) atoms. The Morgan fingerprint density at radius 3 is 2.52 bits per heavy atom. The maximum absolute atomic E-state index is 13.1. The second kappa shape index (κ2) is 11.9. The van der Waals surface area contributed by atoms with E-state index in [2.05, 4.69) is 4.98 Å². The summed E-state index contributed by atoms with van der Waals surface area (Å²) in [4.78, 5) is 34.3. The number of ether oxygens (including phenoxy) is 1. The topological polar surface area (TPSA) is 67.7 Å². The van der Waals surface area contributed by atoms with Crippen molar-refractivity contribution in [2.75, 3.05) is 45.0 Å². The van der Waals surface area contributed by atoms with Crippen LogP contribution in [0.3, 0.4) is 0 Å². The van der Waals surface area contributed by atoms with Crippen molar-refractivity contribution in [2.45, 2.75) is 31.6 Å². The van der Waals surface area contributed by atoms with Gasteiger partial charge in [0.1, 0.15) is 0 Å². The molecular weight excluding hydrogens is 436 g/mol. The maximum atomic E-state index is 13.1. The second-order valence-corrected chi connectivity index (χ2v) is 8.96. The van der Waals surface area contributed by atoms with Crippen LogP contribution in [-0.4, -0.2) is 60.5 Å². The number of benzene rings is 2. The van der Waals surface area contributed by atoms with E-state index in [1.54, 1.807) is 22.6 Å². The first-order chi connectivity index (χ1) is 15.9. The molecule has 0 saturated heterocycles. The molecule has 1 heterocycles. The molecule has 0 unspecified atom stereocenters. The smallest absolute Gasteiger partial charge is 0.262 e. The van der Waals surface area contributed by atoms with E-state index in [4.69, 9.17) is 4.74 Å². The minimum atomic E-state index is -0.0821. The summed E-state index contributed by atoms with van der Waals surface area (Å²) in [6.07, 6.45) is 0.706. The van der Waals surface area contributed by atoms with E-state index >= 15 is 0 Å². The zero-order valence-corrected chi connectivity index (χ0v) is 20.6. The third kappa shape index (κ3) is 6.58. The number of amides is 1. The molecule has 176 valence electrons. The van der Waals surface area contributed by atoms with E-state index < -0.39 is 0 Å². The normalized spacial score (nSPS) is 11.0. The summed E-state index contributed by atoms with van der Waals surface area (Å²) >= 11 is 1.31. The SMILES string of the molecule is CCOCCCn1c(SCC(=O)N(C)Cc2ccc(N(C)C)cc2)nc2ccccc2c1=O. The number of hydrogen-bond acceptors (Lipinski definition) is 6. The van der Waals surface area contributed by atoms with Crippen molar-refractivity contribution in [1.82, 2.24) is 14.5 Å². The molecule has 0 aliphatic rings. The Labute approximate surface area is 199 Å². The van der Waals surface area contributed by atoms with E-state index in [9.17, 15) is 9.59 Å². The lowest BCUT2D eigenvalue weighted by Crippen LogP contribution is -2.29. The van der Waals surface area contributed by atoms with Gasteiger partial charge in [0.25, 0.3) is 5.56 Å². The molecule has 2 aromatic carbocycles. The maximum Gasteiger partial charge on any atom is 0.262 e. The summed E-state index contributed by atoms with van der Waals surface area (Å²) in [5, 5.41) is 1.15. The summed E-state index contributed by atoms with van der Waals surface area (Å²) in [6, 6.07) is 15.5. The first-order valence-electron chi connectivity index (χ1n) is 11.1. The van der Waals surface area contributed by atoms with Gasteiger partial charge in [0.15, 0.2) is 5.16 Å². The van der Waals surface area contributed by atoms with Gasteiger partial charge < -0.3 is 14.5 Å². The van der Waals surface area contributed by atoms with E-state index in [0.29, 0.717) is 48.8 Å². The molecule has 0 atom stereocenters. The summed E-state index contributed by atoms with van der Waals surface area (Å²) in [7, 11) is 5.80. The van der Waals surface area contributed by atoms with Gasteiger partial charge in [-0.3, -0.25) is 14.2 Å². The van der Waals surface area contributed by atoms with Crippen molar-refractivity contribution in [3.8, 4) is 0 Å². The standard InChI is InChI=1S/C25H32N4O3S/c1-5-32-16-8-15-29-24(31)21-9-6-7-10-22(21)26-25(29)33-18-23(30)28(4)17-19-11-13-20(14-12-19)27(2)3/h6-7,9-14H,5,8,15-18H2,1-4H3. The van der Waals surface area contributed by atoms with Crippen LogP contribution >= 0.6 is 11.8 Å². The van der Waals surface area contributed by atoms with Crippen LogP contribution in [0.2, 0.25) is 0 Å². The molecule has 8 heteroatoms. The van der Waals surface area contributed by atoms with Gasteiger partial charge in [-0.1, -0.05) is 36.0 Å². The molecule has 0 N–H and O–H groups in total. The molecule has 0 bridgehead atoms. The van der Waals surface area contributed by atoms with E-state index in [1.165, 1.54) is 11.8 Å². The molecule has 1 amide bonds. The lowest BCUT2D eigenvalue weighted by atomic mass is 10.2. The number of thioether (sulfide) groups is 1. The molecule has 7 nitrogen and oxygen atoms in total. The van der Waals surface area contributed by atoms with Gasteiger partial charge in [-0.05, 0) is 43.2 Å². The Bertz CT molecular complexity index is 1130. The number of rotatable bonds is 11. The van der Waals surface area contributed by atoms with Crippen LogP contribution in [0.15, 0.2) is 58.5 Å². The number of carbonyl (C=O) groups excluding carboxylic acids is 1. The monoisotopic (exact) mass is 468 g/mol. The summed E-state index contributed by atoms with van der Waals surface area (Å²) < 4.78 is 7.09. The molecule has 0 saturated carbocycles. The van der Waals surface area contributed by atoms with Crippen molar-refractivity contribution >= 4 is 34.3 Å². The number of hydrogen-bond donors (Lipinski definition) is 0.